The molecule has 450 valence electrons. The molecule has 0 bridgehead atoms. The molecule has 1 aromatic heterocycles. The molecule has 7 amide bonds. The second-order valence-electron chi connectivity index (χ2n) is 20.2. The molecule has 1 heterocycles. The number of amides is 7. The lowest BCUT2D eigenvalue weighted by molar-refractivity contribution is -0.141. The topological polar surface area (TPSA) is 321 Å². The van der Waals surface area contributed by atoms with Gasteiger partial charge in [-0.2, -0.15) is 25.3 Å². The summed E-state index contributed by atoms with van der Waals surface area (Å²) < 4.78 is 74.9. The molecule has 0 saturated heterocycles. The lowest BCUT2D eigenvalue weighted by atomic mass is 9.84. The smallest absolute Gasteiger partial charge is 0.327 e. The number of rotatable bonds is 29. The van der Waals surface area contributed by atoms with E-state index in [4.69, 9.17) is 11.5 Å². The van der Waals surface area contributed by atoms with Crippen LogP contribution < -0.4 is 48.7 Å². The van der Waals surface area contributed by atoms with Gasteiger partial charge in [-0.3, -0.25) is 38.6 Å². The number of nitrogens with two attached hydrogens (primary N) is 2. The van der Waals surface area contributed by atoms with Crippen LogP contribution in [0.15, 0.2) is 96.1 Å². The molecule has 1 fully saturated rings. The van der Waals surface area contributed by atoms with Gasteiger partial charge in [0.15, 0.2) is 29.2 Å². The molecule has 0 radical (unpaired) electrons. The Hall–Kier alpha value is -8.20. The van der Waals surface area contributed by atoms with Crippen LogP contribution in [-0.2, 0) is 52.8 Å². The molecule has 7 atom stereocenters. The van der Waals surface area contributed by atoms with E-state index in [1.807, 2.05) is 0 Å². The van der Waals surface area contributed by atoms with Gasteiger partial charge in [0, 0.05) is 65.5 Å². The Morgan fingerprint density at radius 3 is 1.63 bits per heavy atom. The molecule has 0 unspecified atom stereocenters. The van der Waals surface area contributed by atoms with Gasteiger partial charge < -0.3 is 58.8 Å². The van der Waals surface area contributed by atoms with Crippen molar-refractivity contribution >= 4 is 89.4 Å². The fraction of sp³-hybridized carbons (Fsp3) is 0.386. The highest BCUT2D eigenvalue weighted by molar-refractivity contribution is 7.80. The van der Waals surface area contributed by atoms with Crippen molar-refractivity contribution in [1.29, 1.82) is 0 Å². The Bertz CT molecular complexity index is 3140. The Morgan fingerprint density at radius 1 is 0.560 bits per heavy atom. The van der Waals surface area contributed by atoms with Crippen LogP contribution in [0.4, 0.5) is 22.0 Å². The number of aliphatic carboxylic acids is 1. The Kier molecular flexibility index (Phi) is 24.3. The highest BCUT2D eigenvalue weighted by atomic mass is 32.1. The molecular weight excluding hydrogens is 1140 g/mol. The summed E-state index contributed by atoms with van der Waals surface area (Å²) in [4.78, 5) is 119. The van der Waals surface area contributed by atoms with Crippen molar-refractivity contribution in [2.75, 3.05) is 18.1 Å². The molecule has 1 saturated carbocycles. The second kappa shape index (κ2) is 31.5. The quantitative estimate of drug-likeness (QED) is 0.00625. The number of guanidine groups is 1. The van der Waals surface area contributed by atoms with E-state index in [-0.39, 0.29) is 67.6 Å². The predicted octanol–water partition coefficient (Wildman–Crippen LogP) is 3.57. The van der Waals surface area contributed by atoms with Gasteiger partial charge in [-0.25, -0.2) is 26.7 Å². The normalized spacial score (nSPS) is 14.9. The summed E-state index contributed by atoms with van der Waals surface area (Å²) >= 11 is 8.33. The number of hydrogen-bond donors (Lipinski definition) is 13. The van der Waals surface area contributed by atoms with Crippen LogP contribution in [-0.4, -0.2) is 124 Å². The maximum Gasteiger partial charge on any atom is 0.327 e. The first-order valence-corrected chi connectivity index (χ1v) is 28.2. The molecule has 0 spiro atoms. The Balaban J connectivity index is 1.33. The number of carboxylic acid groups (broad SMARTS) is 1. The lowest BCUT2D eigenvalue weighted by Gasteiger charge is -2.30. The van der Waals surface area contributed by atoms with E-state index in [0.717, 1.165) is 19.3 Å². The number of benzene rings is 4. The van der Waals surface area contributed by atoms with Crippen molar-refractivity contribution < 1.29 is 65.4 Å². The zero-order valence-electron chi connectivity index (χ0n) is 45.3. The number of nitrogens with one attached hydrogen (secondary N) is 8. The molecule has 1 aliphatic rings. The number of carboxylic acids is 1. The number of aliphatic imine (C=N–C) groups is 1. The third-order valence-corrected chi connectivity index (χ3v) is 14.9. The summed E-state index contributed by atoms with van der Waals surface area (Å²) in [5.41, 5.74) is 11.6. The molecule has 0 aliphatic heterocycles. The minimum absolute atomic E-state index is 0.00549. The SMILES string of the molecule is NC(N)=NCCC[C@@H](NC(=O)[C@@H](Cc1c[nH]c2ccccc12)NC(=O)[C@@H](CS)NC(=O)[C@@H](Cc1ccccc1)NC(=O)c1ccccc1)C(=O)N[C@H](Cc1c(F)c(F)c(F)c(F)c1F)C(=O)N[C@H](CC1CCCCC1)C(=O)N[C@H](CS)C(=O)O. The minimum Gasteiger partial charge on any atom is -0.480 e. The number of nitrogens with zero attached hydrogens (tertiary/aromatic N) is 1. The van der Waals surface area contributed by atoms with Gasteiger partial charge in [0.2, 0.25) is 41.3 Å². The number of halogens is 5. The first-order valence-electron chi connectivity index (χ1n) is 27.0. The van der Waals surface area contributed by atoms with Crippen LogP contribution in [0.25, 0.3) is 10.9 Å². The van der Waals surface area contributed by atoms with Gasteiger partial charge in [0.25, 0.3) is 5.91 Å². The summed E-state index contributed by atoms with van der Waals surface area (Å²) in [6.45, 7) is -0.159. The zero-order chi connectivity index (χ0) is 61.0. The molecule has 4 aromatic carbocycles. The first kappa shape index (κ1) is 65.0. The number of aromatic amines is 1. The van der Waals surface area contributed by atoms with Gasteiger partial charge in [0.05, 0.1) is 0 Å². The highest BCUT2D eigenvalue weighted by Crippen LogP contribution is 2.29. The number of carbonyl (C=O) groups excluding carboxylic acids is 7. The van der Waals surface area contributed by atoms with E-state index in [0.29, 0.717) is 34.9 Å². The third kappa shape index (κ3) is 18.1. The maximum absolute atomic E-state index is 15.5. The maximum atomic E-state index is 15.5. The van der Waals surface area contributed by atoms with E-state index < -0.39 is 131 Å². The van der Waals surface area contributed by atoms with Crippen LogP contribution in [0.5, 0.6) is 0 Å². The van der Waals surface area contributed by atoms with Gasteiger partial charge in [-0.1, -0.05) is 98.8 Å². The van der Waals surface area contributed by atoms with Crippen LogP contribution >= 0.6 is 25.3 Å². The molecular formula is C57H66F5N11O9S2. The number of fused-ring (bicyclic) bond motifs is 1. The molecule has 13 N–H and O–H groups in total. The summed E-state index contributed by atoms with van der Waals surface area (Å²) in [6.07, 6.45) is 2.85. The van der Waals surface area contributed by atoms with Crippen molar-refractivity contribution in [1.82, 2.24) is 42.2 Å². The van der Waals surface area contributed by atoms with Crippen LogP contribution in [0.2, 0.25) is 0 Å². The third-order valence-electron chi connectivity index (χ3n) is 14.1. The Morgan fingerprint density at radius 2 is 1.04 bits per heavy atom. The minimum atomic E-state index is -2.51. The average Bonchev–Trinajstić information content (AvgIpc) is 2.41. The lowest BCUT2D eigenvalue weighted by Crippen LogP contribution is -2.61. The second-order valence-corrected chi connectivity index (χ2v) is 20.9. The summed E-state index contributed by atoms with van der Waals surface area (Å²) in [5.74, 6) is -21.8. The molecule has 27 heteroatoms. The predicted molar refractivity (Wildman–Crippen MR) is 308 cm³/mol. The molecule has 6 rings (SSSR count). The number of carbonyl (C=O) groups is 8. The van der Waals surface area contributed by atoms with E-state index in [1.54, 1.807) is 91.1 Å². The largest absolute Gasteiger partial charge is 0.480 e. The van der Waals surface area contributed by atoms with E-state index in [2.05, 4.69) is 72.5 Å². The monoisotopic (exact) mass is 1210 g/mol. The fourth-order valence-electron chi connectivity index (χ4n) is 9.64. The number of aromatic nitrogens is 1. The first-order chi connectivity index (χ1) is 40.2. The van der Waals surface area contributed by atoms with E-state index >= 15 is 8.78 Å². The molecule has 20 nitrogen and oxygen atoms in total. The van der Waals surface area contributed by atoms with Crippen LogP contribution in [0.3, 0.4) is 0 Å². The summed E-state index contributed by atoms with van der Waals surface area (Å²) in [7, 11) is 0. The molecule has 1 aliphatic carbocycles. The molecule has 5 aromatic rings. The fourth-order valence-corrected chi connectivity index (χ4v) is 10.1. The van der Waals surface area contributed by atoms with E-state index in [9.17, 15) is 56.6 Å². The van der Waals surface area contributed by atoms with Crippen LogP contribution in [0.1, 0.15) is 78.4 Å². The van der Waals surface area contributed by atoms with Gasteiger partial charge in [-0.05, 0) is 54.5 Å². The number of para-hydroxylation sites is 1. The highest BCUT2D eigenvalue weighted by Gasteiger charge is 2.37. The van der Waals surface area contributed by atoms with Gasteiger partial charge in [-0.15, -0.1) is 0 Å². The summed E-state index contributed by atoms with van der Waals surface area (Å²) in [6, 6.07) is 12.3. The number of thiol groups is 2. The zero-order valence-corrected chi connectivity index (χ0v) is 47.1. The standard InChI is InChI=1S/C57H66F5N11O9S2/c58-44-35(45(59)47(61)48(62)46(44)60)26-41(54(79)69-39(24-31-15-6-2-7-16-31)52(77)73-43(29-84)56(81)82)71-50(75)37(21-12-22-65-57(63)64)67-53(78)40(25-33-27-66-36-20-11-10-19-34(33)36)70-55(80)42(28-83)72-51(76)38(23-30-13-4-1-5-14-30)68-49(74)32-17-8-3-9-18-32/h1,3-5,8-11,13-14,17-20,27,31,37-43,66,83-84H,2,6-7,12,15-16,21-26,28-29H2,(H,67,78)(H,68,74)(H,69,79)(H,70,80)(H,71,75)(H,72,76)(H,73,77)(H,81,82)(H4,63,64,65)/t37-,38-,39-,40-,41-,42-,43-/m1/s1. The van der Waals surface area contributed by atoms with Gasteiger partial charge >= 0.3 is 5.97 Å². The number of hydrogen-bond acceptors (Lipinski definition) is 11. The number of H-pyrrole nitrogens is 1. The van der Waals surface area contributed by atoms with Crippen molar-refractivity contribution in [3.63, 3.8) is 0 Å². The average molecular weight is 1210 g/mol. The van der Waals surface area contributed by atoms with Crippen molar-refractivity contribution in [2.24, 2.45) is 22.4 Å². The van der Waals surface area contributed by atoms with Crippen molar-refractivity contribution in [3.8, 4) is 0 Å². The van der Waals surface area contributed by atoms with Gasteiger partial charge in [0.1, 0.15) is 42.3 Å². The van der Waals surface area contributed by atoms with Crippen LogP contribution in [0, 0.1) is 35.0 Å². The summed E-state index contributed by atoms with van der Waals surface area (Å²) in [5, 5.41) is 27.8. The van der Waals surface area contributed by atoms with Crippen molar-refractivity contribution in [3.05, 3.63) is 142 Å². The van der Waals surface area contributed by atoms with E-state index in [1.165, 1.54) is 0 Å². The van der Waals surface area contributed by atoms with Crippen molar-refractivity contribution in [2.45, 2.75) is 113 Å². The Labute approximate surface area is 490 Å². The molecule has 84 heavy (non-hydrogen) atoms.